The summed E-state index contributed by atoms with van der Waals surface area (Å²) >= 11 is 12.6. The van der Waals surface area contributed by atoms with E-state index >= 15 is 0 Å². The molecule has 4 heterocycles. The van der Waals surface area contributed by atoms with Gasteiger partial charge in [-0.05, 0) is 13.0 Å². The molecule has 0 radical (unpaired) electrons. The number of hydrogen-bond acceptors (Lipinski definition) is 9. The molecule has 10 nitrogen and oxygen atoms in total. The van der Waals surface area contributed by atoms with Gasteiger partial charge in [0.1, 0.15) is 27.3 Å². The molecule has 13 heteroatoms. The molecule has 0 bridgehead atoms. The number of piperazine rings is 1. The lowest BCUT2D eigenvalue weighted by molar-refractivity contribution is -0.113. The average molecular weight is 506 g/mol. The van der Waals surface area contributed by atoms with Crippen LogP contribution >= 0.6 is 23.2 Å². The molecule has 0 aliphatic carbocycles. The zero-order valence-corrected chi connectivity index (χ0v) is 19.3. The van der Waals surface area contributed by atoms with E-state index in [1.54, 1.807) is 13.0 Å². The number of nitrogens with zero attached hydrogens (tertiary/aromatic N) is 5. The van der Waals surface area contributed by atoms with Crippen LogP contribution < -0.4 is 19.7 Å². The highest BCUT2D eigenvalue weighted by molar-refractivity contribution is 6.33. The summed E-state index contributed by atoms with van der Waals surface area (Å²) in [6.45, 7) is 4.44. The van der Waals surface area contributed by atoms with E-state index in [4.69, 9.17) is 32.7 Å². The van der Waals surface area contributed by atoms with Crippen molar-refractivity contribution in [3.63, 3.8) is 0 Å². The van der Waals surface area contributed by atoms with Crippen LogP contribution in [0.3, 0.4) is 0 Å². The molecule has 1 saturated heterocycles. The summed E-state index contributed by atoms with van der Waals surface area (Å²) in [7, 11) is 0. The monoisotopic (exact) mass is 505 g/mol. The predicted octanol–water partition coefficient (Wildman–Crippen LogP) is 3.52. The summed E-state index contributed by atoms with van der Waals surface area (Å²) in [4.78, 5) is 26.5. The second-order valence-electron chi connectivity index (χ2n) is 7.61. The molecular formula is C21H18Cl2FN7O3. The second kappa shape index (κ2) is 9.16. The third kappa shape index (κ3) is 4.17. The maximum Gasteiger partial charge on any atom is 0.319 e. The normalized spacial score (nSPS) is 15.0. The highest BCUT2D eigenvalue weighted by Gasteiger charge is 2.24. The Kier molecular flexibility index (Phi) is 6.07. The number of anilines is 1. The number of pyridine rings is 1. The number of nitrogens with one attached hydrogen (secondary N) is 2. The number of halogens is 3. The molecule has 0 amide bonds. The van der Waals surface area contributed by atoms with Crippen LogP contribution in [0.2, 0.25) is 10.2 Å². The largest absolute Gasteiger partial charge is 0.453 e. The molecule has 0 unspecified atom stereocenters. The Morgan fingerprint density at radius 2 is 1.97 bits per heavy atom. The summed E-state index contributed by atoms with van der Waals surface area (Å²) in [6.07, 6.45) is 1.32. The van der Waals surface area contributed by atoms with Gasteiger partial charge in [-0.1, -0.05) is 23.2 Å². The number of carbonyl (C=O) groups is 1. The molecule has 2 N–H and O–H groups in total. The van der Waals surface area contributed by atoms with Crippen molar-refractivity contribution >= 4 is 57.1 Å². The van der Waals surface area contributed by atoms with Crippen molar-refractivity contribution in [1.82, 2.24) is 30.5 Å². The molecule has 1 atom stereocenters. The van der Waals surface area contributed by atoms with E-state index in [-0.39, 0.29) is 33.3 Å². The number of benzene rings is 1. The van der Waals surface area contributed by atoms with Crippen LogP contribution in [0, 0.1) is 5.82 Å². The molecule has 4 aromatic rings. The highest BCUT2D eigenvalue weighted by Crippen LogP contribution is 2.41. The third-order valence-electron chi connectivity index (χ3n) is 5.27. The van der Waals surface area contributed by atoms with E-state index in [0.717, 1.165) is 13.1 Å². The minimum atomic E-state index is -0.777. The molecule has 1 fully saturated rings. The number of aromatic amines is 1. The van der Waals surface area contributed by atoms with Gasteiger partial charge in [0.2, 0.25) is 5.88 Å². The third-order valence-corrected chi connectivity index (χ3v) is 5.82. The standard InChI is InChI=1S/C21H18Cl2FN7O3/c1-10(9-32)33-21-28-17-11(19(29-21)31-4-2-25-3-5-31)6-15(22)27-20(17)34-18-12-8-26-30-14(12)7-13(24)16(18)23/h6-10,25H,2-5H2,1H3,(H,26,30)/t10-/m1/s1. The smallest absolute Gasteiger partial charge is 0.319 e. The fraction of sp³-hybridized carbons (Fsp3) is 0.286. The Balaban J connectivity index is 1.71. The van der Waals surface area contributed by atoms with Gasteiger partial charge in [-0.3, -0.25) is 9.89 Å². The molecule has 0 saturated carbocycles. The first-order valence-electron chi connectivity index (χ1n) is 10.4. The molecule has 0 spiro atoms. The molecule has 1 aromatic carbocycles. The summed E-state index contributed by atoms with van der Waals surface area (Å²) in [5, 5.41) is 10.8. The van der Waals surface area contributed by atoms with Gasteiger partial charge < -0.3 is 19.7 Å². The van der Waals surface area contributed by atoms with Crippen molar-refractivity contribution in [2.24, 2.45) is 0 Å². The fourth-order valence-corrected chi connectivity index (χ4v) is 4.05. The van der Waals surface area contributed by atoms with Crippen LogP contribution in [0.15, 0.2) is 18.3 Å². The average Bonchev–Trinajstić information content (AvgIpc) is 3.30. The van der Waals surface area contributed by atoms with Crippen LogP contribution in [-0.4, -0.2) is 63.7 Å². The van der Waals surface area contributed by atoms with E-state index in [2.05, 4.69) is 30.5 Å². The first kappa shape index (κ1) is 22.5. The van der Waals surface area contributed by atoms with Crippen molar-refractivity contribution in [2.45, 2.75) is 13.0 Å². The van der Waals surface area contributed by atoms with Gasteiger partial charge in [-0.25, -0.2) is 4.39 Å². The van der Waals surface area contributed by atoms with Gasteiger partial charge in [0.05, 0.1) is 22.5 Å². The molecule has 176 valence electrons. The molecule has 5 rings (SSSR count). The van der Waals surface area contributed by atoms with E-state index in [1.165, 1.54) is 12.3 Å². The highest BCUT2D eigenvalue weighted by atomic mass is 35.5. The first-order valence-corrected chi connectivity index (χ1v) is 11.1. The number of fused-ring (bicyclic) bond motifs is 2. The van der Waals surface area contributed by atoms with Gasteiger partial charge in [0, 0.05) is 32.2 Å². The Hall–Kier alpha value is -3.28. The molecular weight excluding hydrogens is 488 g/mol. The van der Waals surface area contributed by atoms with Crippen molar-refractivity contribution in [1.29, 1.82) is 0 Å². The Labute approximate surface area is 202 Å². The summed E-state index contributed by atoms with van der Waals surface area (Å²) in [6, 6.07) is 2.81. The fourth-order valence-electron chi connectivity index (χ4n) is 3.67. The Bertz CT molecular complexity index is 1390. The van der Waals surface area contributed by atoms with Gasteiger partial charge in [0.25, 0.3) is 0 Å². The lowest BCUT2D eigenvalue weighted by atomic mass is 10.2. The van der Waals surface area contributed by atoms with E-state index < -0.39 is 11.9 Å². The summed E-state index contributed by atoms with van der Waals surface area (Å²) in [5.74, 6) is -0.167. The molecule has 34 heavy (non-hydrogen) atoms. The summed E-state index contributed by atoms with van der Waals surface area (Å²) < 4.78 is 26.0. The first-order chi connectivity index (χ1) is 16.4. The SMILES string of the molecule is C[C@H](C=O)Oc1nc(N2CCNCC2)c2cc(Cl)nc(Oc3c(Cl)c(F)cc4[nH]ncc34)c2n1. The quantitative estimate of drug-likeness (QED) is 0.299. The number of hydrogen-bond donors (Lipinski definition) is 2. The maximum absolute atomic E-state index is 14.4. The van der Waals surface area contributed by atoms with Crippen molar-refractivity contribution in [2.75, 3.05) is 31.1 Å². The molecule has 1 aliphatic heterocycles. The Morgan fingerprint density at radius 1 is 1.18 bits per heavy atom. The van der Waals surface area contributed by atoms with Gasteiger partial charge >= 0.3 is 6.01 Å². The second-order valence-corrected chi connectivity index (χ2v) is 8.37. The maximum atomic E-state index is 14.4. The number of ether oxygens (including phenoxy) is 2. The van der Waals surface area contributed by atoms with E-state index in [9.17, 15) is 9.18 Å². The number of rotatable bonds is 6. The number of aromatic nitrogens is 5. The van der Waals surface area contributed by atoms with Gasteiger partial charge in [-0.15, -0.1) is 0 Å². The lowest BCUT2D eigenvalue weighted by Crippen LogP contribution is -2.44. The van der Waals surface area contributed by atoms with Crippen LogP contribution in [0.4, 0.5) is 10.2 Å². The van der Waals surface area contributed by atoms with Gasteiger partial charge in [-0.2, -0.15) is 20.1 Å². The zero-order valence-electron chi connectivity index (χ0n) is 17.8. The zero-order chi connectivity index (χ0) is 23.8. The predicted molar refractivity (Wildman–Crippen MR) is 125 cm³/mol. The molecule has 1 aliphatic rings. The van der Waals surface area contributed by atoms with Crippen LogP contribution in [-0.2, 0) is 4.79 Å². The number of carbonyl (C=O) groups excluding carboxylic acids is 1. The van der Waals surface area contributed by atoms with Crippen LogP contribution in [0.1, 0.15) is 6.92 Å². The van der Waals surface area contributed by atoms with Gasteiger partial charge in [0.15, 0.2) is 18.1 Å². The number of H-pyrrole nitrogens is 1. The van der Waals surface area contributed by atoms with E-state index in [0.29, 0.717) is 41.5 Å². The minimum Gasteiger partial charge on any atom is -0.453 e. The van der Waals surface area contributed by atoms with Crippen molar-refractivity contribution in [3.05, 3.63) is 34.3 Å². The summed E-state index contributed by atoms with van der Waals surface area (Å²) in [5.41, 5.74) is 0.654. The van der Waals surface area contributed by atoms with Crippen LogP contribution in [0.25, 0.3) is 21.8 Å². The van der Waals surface area contributed by atoms with Crippen LogP contribution in [0.5, 0.6) is 17.6 Å². The molecule has 3 aromatic heterocycles. The Morgan fingerprint density at radius 3 is 2.74 bits per heavy atom. The van der Waals surface area contributed by atoms with E-state index in [1.807, 2.05) is 4.90 Å². The minimum absolute atomic E-state index is 0.00699. The lowest BCUT2D eigenvalue weighted by Gasteiger charge is -2.29. The number of aldehydes is 1. The van der Waals surface area contributed by atoms with Crippen molar-refractivity contribution < 1.29 is 18.7 Å². The van der Waals surface area contributed by atoms with Crippen molar-refractivity contribution in [3.8, 4) is 17.6 Å². The topological polar surface area (TPSA) is 118 Å².